The maximum atomic E-state index is 13.1. The highest BCUT2D eigenvalue weighted by Crippen LogP contribution is 2.24. The Balaban J connectivity index is 1.29. The van der Waals surface area contributed by atoms with E-state index in [0.717, 1.165) is 79.4 Å². The van der Waals surface area contributed by atoms with Gasteiger partial charge in [0.25, 0.3) is 0 Å². The van der Waals surface area contributed by atoms with E-state index in [-0.39, 0.29) is 11.8 Å². The van der Waals surface area contributed by atoms with Crippen molar-refractivity contribution in [3.8, 4) is 0 Å². The Labute approximate surface area is 218 Å². The number of imidazole rings is 1. The number of hydrogen-bond donors (Lipinski definition) is 1. The van der Waals surface area contributed by atoms with E-state index in [0.29, 0.717) is 0 Å². The standard InChI is InChI=1S/C30H33ClN4O/c1-2-6-22-12-16-26(17-13-22)32-30(36)24-7-5-18-34(20-24)21-29-33-27-8-3-4-9-28(27)35(29)19-23-10-14-25(31)15-11-23/h3-4,8-17,24H,2,5-7,18-21H2,1H3,(H,32,36)/t24-/m1/s1. The zero-order valence-electron chi connectivity index (χ0n) is 20.8. The molecule has 5 nitrogen and oxygen atoms in total. The summed E-state index contributed by atoms with van der Waals surface area (Å²) < 4.78 is 2.29. The number of halogens is 1. The van der Waals surface area contributed by atoms with Crippen molar-refractivity contribution in [2.75, 3.05) is 18.4 Å². The Morgan fingerprint density at radius 3 is 2.53 bits per heavy atom. The average molecular weight is 501 g/mol. The number of aryl methyl sites for hydroxylation is 1. The molecule has 4 aromatic rings. The van der Waals surface area contributed by atoms with Gasteiger partial charge in [0.05, 0.1) is 23.5 Å². The van der Waals surface area contributed by atoms with Crippen LogP contribution >= 0.6 is 11.6 Å². The molecule has 2 heterocycles. The predicted octanol–water partition coefficient (Wildman–Crippen LogP) is 6.54. The fraction of sp³-hybridized carbons (Fsp3) is 0.333. The monoisotopic (exact) mass is 500 g/mol. The largest absolute Gasteiger partial charge is 0.326 e. The number of amides is 1. The van der Waals surface area contributed by atoms with E-state index in [1.54, 1.807) is 0 Å². The van der Waals surface area contributed by atoms with E-state index >= 15 is 0 Å². The van der Waals surface area contributed by atoms with E-state index < -0.39 is 0 Å². The van der Waals surface area contributed by atoms with Crippen molar-refractivity contribution < 1.29 is 4.79 Å². The fourth-order valence-corrected chi connectivity index (χ4v) is 5.22. The molecule has 6 heteroatoms. The summed E-state index contributed by atoms with van der Waals surface area (Å²) in [5, 5.41) is 3.88. The highest BCUT2D eigenvalue weighted by Gasteiger charge is 2.27. The van der Waals surface area contributed by atoms with Gasteiger partial charge in [0.1, 0.15) is 5.82 Å². The van der Waals surface area contributed by atoms with Crippen LogP contribution < -0.4 is 5.32 Å². The predicted molar refractivity (Wildman–Crippen MR) is 147 cm³/mol. The number of fused-ring (bicyclic) bond motifs is 1. The molecule has 1 aromatic heterocycles. The first-order valence-corrected chi connectivity index (χ1v) is 13.3. The molecule has 0 spiro atoms. The fourth-order valence-electron chi connectivity index (χ4n) is 5.10. The van der Waals surface area contributed by atoms with Gasteiger partial charge in [0.2, 0.25) is 5.91 Å². The molecule has 1 aliphatic rings. The molecule has 1 saturated heterocycles. The van der Waals surface area contributed by atoms with Gasteiger partial charge in [0.15, 0.2) is 0 Å². The quantitative estimate of drug-likeness (QED) is 0.299. The molecule has 1 fully saturated rings. The summed E-state index contributed by atoms with van der Waals surface area (Å²) in [5.41, 5.74) is 5.49. The van der Waals surface area contributed by atoms with Gasteiger partial charge in [-0.2, -0.15) is 0 Å². The van der Waals surface area contributed by atoms with Crippen LogP contribution in [0, 0.1) is 5.92 Å². The summed E-state index contributed by atoms with van der Waals surface area (Å²) in [6.45, 7) is 5.34. The van der Waals surface area contributed by atoms with E-state index in [9.17, 15) is 4.79 Å². The minimum absolute atomic E-state index is 0.0249. The highest BCUT2D eigenvalue weighted by molar-refractivity contribution is 6.30. The average Bonchev–Trinajstić information content (AvgIpc) is 3.23. The third kappa shape index (κ3) is 5.80. The van der Waals surface area contributed by atoms with Crippen molar-refractivity contribution in [3.05, 3.63) is 94.8 Å². The molecule has 1 atom stereocenters. The minimum Gasteiger partial charge on any atom is -0.326 e. The number of nitrogens with one attached hydrogen (secondary N) is 1. The number of nitrogens with zero attached hydrogens (tertiary/aromatic N) is 3. The van der Waals surface area contributed by atoms with Crippen LogP contribution in [0.1, 0.15) is 43.1 Å². The summed E-state index contributed by atoms with van der Waals surface area (Å²) in [7, 11) is 0. The third-order valence-electron chi connectivity index (χ3n) is 6.99. The van der Waals surface area contributed by atoms with Crippen LogP contribution in [0.25, 0.3) is 11.0 Å². The van der Waals surface area contributed by atoms with Crippen LogP contribution in [0.5, 0.6) is 0 Å². The van der Waals surface area contributed by atoms with Crippen molar-refractivity contribution >= 4 is 34.2 Å². The van der Waals surface area contributed by atoms with Crippen LogP contribution in [0.4, 0.5) is 5.69 Å². The minimum atomic E-state index is -0.0249. The molecule has 0 aliphatic carbocycles. The Morgan fingerprint density at radius 1 is 1.00 bits per heavy atom. The Morgan fingerprint density at radius 2 is 1.75 bits per heavy atom. The number of hydrogen-bond acceptors (Lipinski definition) is 3. The summed E-state index contributed by atoms with van der Waals surface area (Å²) in [5.74, 6) is 1.11. The van der Waals surface area contributed by atoms with Crippen LogP contribution in [-0.4, -0.2) is 33.4 Å². The third-order valence-corrected chi connectivity index (χ3v) is 7.24. The number of rotatable bonds is 8. The first-order valence-electron chi connectivity index (χ1n) is 12.9. The van der Waals surface area contributed by atoms with E-state index in [1.165, 1.54) is 11.1 Å². The molecule has 1 aliphatic heterocycles. The van der Waals surface area contributed by atoms with Crippen molar-refractivity contribution in [1.82, 2.24) is 14.5 Å². The van der Waals surface area contributed by atoms with Crippen molar-refractivity contribution in [2.45, 2.75) is 45.7 Å². The molecular weight excluding hydrogens is 468 g/mol. The maximum absolute atomic E-state index is 13.1. The Kier molecular flexibility index (Phi) is 7.69. The topological polar surface area (TPSA) is 50.2 Å². The van der Waals surface area contributed by atoms with Gasteiger partial charge < -0.3 is 9.88 Å². The first kappa shape index (κ1) is 24.5. The van der Waals surface area contributed by atoms with Crippen LogP contribution in [0.3, 0.4) is 0 Å². The lowest BCUT2D eigenvalue weighted by Gasteiger charge is -2.31. The first-order chi connectivity index (χ1) is 17.6. The molecule has 186 valence electrons. The maximum Gasteiger partial charge on any atom is 0.228 e. The van der Waals surface area contributed by atoms with Gasteiger partial charge in [-0.05, 0) is 73.3 Å². The van der Waals surface area contributed by atoms with E-state index in [2.05, 4.69) is 64.2 Å². The van der Waals surface area contributed by atoms with Crippen molar-refractivity contribution in [1.29, 1.82) is 0 Å². The number of anilines is 1. The smallest absolute Gasteiger partial charge is 0.228 e. The zero-order chi connectivity index (χ0) is 24.9. The molecule has 36 heavy (non-hydrogen) atoms. The second-order valence-corrected chi connectivity index (χ2v) is 10.2. The number of para-hydroxylation sites is 2. The molecular formula is C30H33ClN4O. The molecule has 5 rings (SSSR count). The van der Waals surface area contributed by atoms with Crippen molar-refractivity contribution in [2.24, 2.45) is 5.92 Å². The van der Waals surface area contributed by atoms with Crippen LogP contribution in [0.15, 0.2) is 72.8 Å². The molecule has 0 bridgehead atoms. The number of carbonyl (C=O) groups excluding carboxylic acids is 1. The number of benzene rings is 3. The summed E-state index contributed by atoms with van der Waals surface area (Å²) in [6, 6.07) is 24.5. The Bertz CT molecular complexity index is 1310. The van der Waals surface area contributed by atoms with Gasteiger partial charge in [-0.15, -0.1) is 0 Å². The normalized spacial score (nSPS) is 16.3. The number of aromatic nitrogens is 2. The summed E-state index contributed by atoms with van der Waals surface area (Å²) in [6.07, 6.45) is 4.11. The molecule has 3 aromatic carbocycles. The number of carbonyl (C=O) groups is 1. The number of likely N-dealkylation sites (tertiary alicyclic amines) is 1. The van der Waals surface area contributed by atoms with Crippen LogP contribution in [0.2, 0.25) is 5.02 Å². The second kappa shape index (κ2) is 11.3. The van der Waals surface area contributed by atoms with E-state index in [1.807, 2.05) is 30.3 Å². The molecule has 1 N–H and O–H groups in total. The lowest BCUT2D eigenvalue weighted by atomic mass is 9.97. The Hall–Kier alpha value is -3.15. The van der Waals surface area contributed by atoms with Gasteiger partial charge in [-0.25, -0.2) is 4.98 Å². The van der Waals surface area contributed by atoms with E-state index in [4.69, 9.17) is 16.6 Å². The molecule has 0 radical (unpaired) electrons. The van der Waals surface area contributed by atoms with Crippen molar-refractivity contribution in [3.63, 3.8) is 0 Å². The summed E-state index contributed by atoms with van der Waals surface area (Å²) >= 11 is 6.10. The van der Waals surface area contributed by atoms with Gasteiger partial charge in [-0.1, -0.05) is 61.3 Å². The lowest BCUT2D eigenvalue weighted by molar-refractivity contribution is -0.121. The molecule has 0 saturated carbocycles. The molecule has 1 amide bonds. The van der Waals surface area contributed by atoms with Crippen LogP contribution in [-0.2, 0) is 24.3 Å². The second-order valence-electron chi connectivity index (χ2n) is 9.74. The SMILES string of the molecule is CCCc1ccc(NC(=O)[C@@H]2CCCN(Cc3nc4ccccc4n3Cc3ccc(Cl)cc3)C2)cc1. The lowest BCUT2D eigenvalue weighted by Crippen LogP contribution is -2.40. The van der Waals surface area contributed by atoms with Gasteiger partial charge in [0, 0.05) is 23.8 Å². The van der Waals surface area contributed by atoms with Gasteiger partial charge in [-0.3, -0.25) is 9.69 Å². The zero-order valence-corrected chi connectivity index (χ0v) is 21.5. The highest BCUT2D eigenvalue weighted by atomic mass is 35.5. The molecule has 0 unspecified atom stereocenters. The van der Waals surface area contributed by atoms with Gasteiger partial charge >= 0.3 is 0 Å². The number of piperidine rings is 1. The summed E-state index contributed by atoms with van der Waals surface area (Å²) in [4.78, 5) is 20.4.